The van der Waals surface area contributed by atoms with Gasteiger partial charge in [0.05, 0.1) is 6.10 Å². The Hall–Kier alpha value is -1.55. The zero-order valence-corrected chi connectivity index (χ0v) is 11.8. The van der Waals surface area contributed by atoms with Crippen LogP contribution in [-0.2, 0) is 4.74 Å². The lowest BCUT2D eigenvalue weighted by Gasteiger charge is -2.36. The minimum Gasteiger partial charge on any atom is -0.399 e. The minimum atomic E-state index is 0.0667. The third-order valence-corrected chi connectivity index (χ3v) is 4.00. The Bertz CT molecular complexity index is 473. The molecule has 2 atom stereocenters. The number of carbonyl (C=O) groups is 1. The van der Waals surface area contributed by atoms with Gasteiger partial charge < -0.3 is 15.4 Å². The number of nitrogens with zero attached hydrogens (tertiary/aromatic N) is 1. The topological polar surface area (TPSA) is 55.6 Å². The average Bonchev–Trinajstić information content (AvgIpc) is 2.41. The summed E-state index contributed by atoms with van der Waals surface area (Å²) < 4.78 is 5.45. The maximum atomic E-state index is 12.5. The highest BCUT2D eigenvalue weighted by molar-refractivity contribution is 5.95. The number of hydrogen-bond donors (Lipinski definition) is 1. The molecule has 104 valence electrons. The van der Waals surface area contributed by atoms with Crippen molar-refractivity contribution >= 4 is 11.6 Å². The van der Waals surface area contributed by atoms with Crippen molar-refractivity contribution in [3.05, 3.63) is 29.3 Å². The number of nitrogens with two attached hydrogens (primary N) is 1. The summed E-state index contributed by atoms with van der Waals surface area (Å²) in [6.45, 7) is 5.55. The summed E-state index contributed by atoms with van der Waals surface area (Å²) in [5.41, 5.74) is 8.15. The van der Waals surface area contributed by atoms with E-state index in [-0.39, 0.29) is 12.0 Å². The third-order valence-electron chi connectivity index (χ3n) is 4.00. The van der Waals surface area contributed by atoms with Gasteiger partial charge >= 0.3 is 0 Å². The van der Waals surface area contributed by atoms with Crippen LogP contribution in [0, 0.1) is 12.8 Å². The largest absolute Gasteiger partial charge is 0.399 e. The van der Waals surface area contributed by atoms with Crippen molar-refractivity contribution in [1.82, 2.24) is 4.90 Å². The lowest BCUT2D eigenvalue weighted by atomic mass is 9.95. The average molecular weight is 262 g/mol. The minimum absolute atomic E-state index is 0.0667. The normalized spacial score (nSPS) is 23.4. The molecule has 4 heteroatoms. The first-order valence-corrected chi connectivity index (χ1v) is 6.71. The second kappa shape index (κ2) is 5.61. The molecule has 1 aliphatic heterocycles. The van der Waals surface area contributed by atoms with Crippen LogP contribution in [0.5, 0.6) is 0 Å². The van der Waals surface area contributed by atoms with Crippen LogP contribution >= 0.6 is 0 Å². The van der Waals surface area contributed by atoms with Crippen molar-refractivity contribution in [3.63, 3.8) is 0 Å². The molecule has 0 bridgehead atoms. The van der Waals surface area contributed by atoms with Gasteiger partial charge in [0.25, 0.3) is 5.91 Å². The number of ether oxygens (including phenoxy) is 1. The predicted octanol–water partition coefficient (Wildman–Crippen LogP) is 2.07. The molecule has 1 saturated heterocycles. The SMILES string of the molecule is COC1CN(C(=O)c2ccc(N)c(C)c2)CCC1C. The predicted molar refractivity (Wildman–Crippen MR) is 76.1 cm³/mol. The number of aryl methyl sites for hydroxylation is 1. The number of piperidine rings is 1. The maximum absolute atomic E-state index is 12.5. The number of carbonyl (C=O) groups excluding carboxylic acids is 1. The number of hydrogen-bond acceptors (Lipinski definition) is 3. The monoisotopic (exact) mass is 262 g/mol. The van der Waals surface area contributed by atoms with Gasteiger partial charge in [0.1, 0.15) is 0 Å². The Labute approximate surface area is 114 Å². The Morgan fingerprint density at radius 3 is 2.84 bits per heavy atom. The molecular formula is C15H22N2O2. The van der Waals surface area contributed by atoms with Gasteiger partial charge in [-0.1, -0.05) is 6.92 Å². The van der Waals surface area contributed by atoms with E-state index in [0.29, 0.717) is 18.0 Å². The fourth-order valence-corrected chi connectivity index (χ4v) is 2.52. The molecule has 0 radical (unpaired) electrons. The Morgan fingerprint density at radius 2 is 2.21 bits per heavy atom. The van der Waals surface area contributed by atoms with E-state index in [1.807, 2.05) is 17.9 Å². The van der Waals surface area contributed by atoms with Crippen molar-refractivity contribution in [2.75, 3.05) is 25.9 Å². The molecule has 0 saturated carbocycles. The molecule has 0 spiro atoms. The van der Waals surface area contributed by atoms with E-state index in [9.17, 15) is 4.79 Å². The summed E-state index contributed by atoms with van der Waals surface area (Å²) in [6.07, 6.45) is 1.12. The number of rotatable bonds is 2. The van der Waals surface area contributed by atoms with Crippen molar-refractivity contribution in [2.45, 2.75) is 26.4 Å². The molecule has 2 unspecified atom stereocenters. The summed E-state index contributed by atoms with van der Waals surface area (Å²) in [4.78, 5) is 14.3. The van der Waals surface area contributed by atoms with Gasteiger partial charge in [0, 0.05) is 31.5 Å². The van der Waals surface area contributed by atoms with Crippen LogP contribution < -0.4 is 5.73 Å². The molecule has 4 nitrogen and oxygen atoms in total. The van der Waals surface area contributed by atoms with Gasteiger partial charge in [-0.05, 0) is 43.0 Å². The molecule has 0 aromatic heterocycles. The van der Waals surface area contributed by atoms with E-state index >= 15 is 0 Å². The lowest BCUT2D eigenvalue weighted by molar-refractivity contribution is -0.00156. The van der Waals surface area contributed by atoms with Gasteiger partial charge in [-0.2, -0.15) is 0 Å². The number of amides is 1. The van der Waals surface area contributed by atoms with Gasteiger partial charge in [-0.3, -0.25) is 4.79 Å². The summed E-state index contributed by atoms with van der Waals surface area (Å²) in [6, 6.07) is 5.45. The fourth-order valence-electron chi connectivity index (χ4n) is 2.52. The summed E-state index contributed by atoms with van der Waals surface area (Å²) in [5.74, 6) is 0.569. The molecule has 2 rings (SSSR count). The van der Waals surface area contributed by atoms with E-state index in [0.717, 1.165) is 24.2 Å². The van der Waals surface area contributed by atoms with E-state index in [1.54, 1.807) is 19.2 Å². The van der Waals surface area contributed by atoms with Crippen LogP contribution in [0.4, 0.5) is 5.69 Å². The zero-order valence-electron chi connectivity index (χ0n) is 11.8. The van der Waals surface area contributed by atoms with Gasteiger partial charge in [0.15, 0.2) is 0 Å². The summed E-state index contributed by atoms with van der Waals surface area (Å²) in [5, 5.41) is 0. The third kappa shape index (κ3) is 2.89. The summed E-state index contributed by atoms with van der Waals surface area (Å²) >= 11 is 0. The van der Waals surface area contributed by atoms with E-state index in [1.165, 1.54) is 0 Å². The Balaban J connectivity index is 2.13. The Kier molecular flexibility index (Phi) is 4.10. The Morgan fingerprint density at radius 1 is 1.47 bits per heavy atom. The molecule has 19 heavy (non-hydrogen) atoms. The van der Waals surface area contributed by atoms with Crippen LogP contribution in [0.25, 0.3) is 0 Å². The van der Waals surface area contributed by atoms with E-state index < -0.39 is 0 Å². The van der Waals surface area contributed by atoms with E-state index in [4.69, 9.17) is 10.5 Å². The first-order chi connectivity index (χ1) is 9.02. The van der Waals surface area contributed by atoms with Crippen LogP contribution in [0.1, 0.15) is 29.3 Å². The molecule has 1 heterocycles. The van der Waals surface area contributed by atoms with Gasteiger partial charge in [-0.25, -0.2) is 0 Å². The molecule has 1 aromatic carbocycles. The first-order valence-electron chi connectivity index (χ1n) is 6.71. The zero-order chi connectivity index (χ0) is 14.0. The molecule has 0 aliphatic carbocycles. The van der Waals surface area contributed by atoms with Gasteiger partial charge in [-0.15, -0.1) is 0 Å². The summed E-state index contributed by atoms with van der Waals surface area (Å²) in [7, 11) is 1.71. The first kappa shape index (κ1) is 13.9. The van der Waals surface area contributed by atoms with Crippen LogP contribution in [0.15, 0.2) is 18.2 Å². The van der Waals surface area contributed by atoms with E-state index in [2.05, 4.69) is 6.92 Å². The van der Waals surface area contributed by atoms with Crippen molar-refractivity contribution in [2.24, 2.45) is 5.92 Å². The molecule has 1 fully saturated rings. The number of methoxy groups -OCH3 is 1. The van der Waals surface area contributed by atoms with Crippen molar-refractivity contribution < 1.29 is 9.53 Å². The highest BCUT2D eigenvalue weighted by Gasteiger charge is 2.29. The standard InChI is InChI=1S/C15H22N2O2/c1-10-6-7-17(9-14(10)19-3)15(18)12-4-5-13(16)11(2)8-12/h4-5,8,10,14H,6-7,9,16H2,1-3H3. The van der Waals surface area contributed by atoms with Crippen molar-refractivity contribution in [3.8, 4) is 0 Å². The number of benzene rings is 1. The highest BCUT2D eigenvalue weighted by atomic mass is 16.5. The smallest absolute Gasteiger partial charge is 0.253 e. The molecule has 1 amide bonds. The van der Waals surface area contributed by atoms with Crippen LogP contribution in [-0.4, -0.2) is 37.1 Å². The number of anilines is 1. The number of nitrogen functional groups attached to an aromatic ring is 1. The van der Waals surface area contributed by atoms with Gasteiger partial charge in [0.2, 0.25) is 0 Å². The van der Waals surface area contributed by atoms with Crippen molar-refractivity contribution in [1.29, 1.82) is 0 Å². The van der Waals surface area contributed by atoms with Crippen LogP contribution in [0.3, 0.4) is 0 Å². The molecule has 2 N–H and O–H groups in total. The quantitative estimate of drug-likeness (QED) is 0.830. The highest BCUT2D eigenvalue weighted by Crippen LogP contribution is 2.22. The number of likely N-dealkylation sites (tertiary alicyclic amines) is 1. The second-order valence-electron chi connectivity index (χ2n) is 5.36. The fraction of sp³-hybridized carbons (Fsp3) is 0.533. The molecule has 1 aromatic rings. The molecular weight excluding hydrogens is 240 g/mol. The second-order valence-corrected chi connectivity index (χ2v) is 5.36. The maximum Gasteiger partial charge on any atom is 0.253 e. The molecule has 1 aliphatic rings. The lowest BCUT2D eigenvalue weighted by Crippen LogP contribution is -2.46. The van der Waals surface area contributed by atoms with Crippen LogP contribution in [0.2, 0.25) is 0 Å².